The number of imide groups is 1. The van der Waals surface area contributed by atoms with Crippen LogP contribution in [0.5, 0.6) is 5.75 Å². The first-order valence-corrected chi connectivity index (χ1v) is 18.8. The summed E-state index contributed by atoms with van der Waals surface area (Å²) in [6, 6.07) is 7.39. The van der Waals surface area contributed by atoms with Crippen molar-refractivity contribution in [1.29, 1.82) is 0 Å². The third-order valence-electron chi connectivity index (χ3n) is 11.1. The predicted molar refractivity (Wildman–Crippen MR) is 194 cm³/mol. The molecule has 4 saturated heterocycles. The molecule has 1 atom stereocenters. The molecule has 7 rings (SSSR count). The van der Waals surface area contributed by atoms with E-state index in [-0.39, 0.29) is 29.4 Å². The van der Waals surface area contributed by atoms with Gasteiger partial charge in [-0.2, -0.15) is 0 Å². The van der Waals surface area contributed by atoms with Crippen LogP contribution < -0.4 is 25.8 Å². The minimum atomic E-state index is -0.616. The van der Waals surface area contributed by atoms with E-state index < -0.39 is 17.4 Å². The number of piperidine rings is 2. The van der Waals surface area contributed by atoms with Gasteiger partial charge in [0.2, 0.25) is 11.8 Å². The molecule has 280 valence electrons. The van der Waals surface area contributed by atoms with Gasteiger partial charge in [0.25, 0.3) is 5.56 Å². The number of fused-ring (bicyclic) bond motifs is 1. The lowest BCUT2D eigenvalue weighted by Gasteiger charge is -2.38. The number of H-pyrrole nitrogens is 1. The number of aromatic amines is 1. The molecule has 4 aliphatic rings. The topological polar surface area (TPSA) is 132 Å². The number of aromatic nitrogens is 2. The molecule has 52 heavy (non-hydrogen) atoms. The zero-order chi connectivity index (χ0) is 36.0. The van der Waals surface area contributed by atoms with Crippen LogP contribution in [0.1, 0.15) is 50.8 Å². The summed E-state index contributed by atoms with van der Waals surface area (Å²) in [5.41, 5.74) is 0.957. The van der Waals surface area contributed by atoms with Crippen molar-refractivity contribution in [3.63, 3.8) is 0 Å². The SMILES string of the molecule is O=C1CCC(Nc2ccc(N3CCN(CCN4CCC(COc5cc(F)c6c(=O)[nH]c(CCC7CCOCC7)nc6c5)CC4)CC3)c(F)c2)C(=O)N1. The molecule has 0 aliphatic carbocycles. The highest BCUT2D eigenvalue weighted by Gasteiger charge is 2.27. The van der Waals surface area contributed by atoms with Crippen LogP contribution >= 0.6 is 0 Å². The highest BCUT2D eigenvalue weighted by atomic mass is 19.1. The number of nitrogens with one attached hydrogen (secondary N) is 3. The quantitative estimate of drug-likeness (QED) is 0.238. The van der Waals surface area contributed by atoms with Gasteiger partial charge >= 0.3 is 0 Å². The minimum Gasteiger partial charge on any atom is -0.493 e. The van der Waals surface area contributed by atoms with Gasteiger partial charge in [-0.15, -0.1) is 0 Å². The summed E-state index contributed by atoms with van der Waals surface area (Å²) < 4.78 is 41.6. The van der Waals surface area contributed by atoms with Crippen LogP contribution in [-0.4, -0.2) is 110 Å². The highest BCUT2D eigenvalue weighted by Crippen LogP contribution is 2.27. The van der Waals surface area contributed by atoms with Gasteiger partial charge in [0.1, 0.15) is 34.6 Å². The Balaban J connectivity index is 0.821. The molecule has 4 fully saturated rings. The largest absolute Gasteiger partial charge is 0.493 e. The number of piperazine rings is 1. The van der Waals surface area contributed by atoms with Crippen molar-refractivity contribution < 1.29 is 27.8 Å². The third-order valence-corrected chi connectivity index (χ3v) is 11.1. The van der Waals surface area contributed by atoms with Crippen LogP contribution in [0.15, 0.2) is 35.1 Å². The monoisotopic (exact) mass is 721 g/mol. The Morgan fingerprint density at radius 3 is 2.35 bits per heavy atom. The van der Waals surface area contributed by atoms with Gasteiger partial charge in [-0.05, 0) is 81.6 Å². The van der Waals surface area contributed by atoms with E-state index in [1.54, 1.807) is 18.2 Å². The number of hydrogen-bond donors (Lipinski definition) is 3. The fourth-order valence-corrected chi connectivity index (χ4v) is 7.80. The maximum absolute atomic E-state index is 15.1. The molecule has 3 N–H and O–H groups in total. The first-order chi connectivity index (χ1) is 25.3. The van der Waals surface area contributed by atoms with Crippen molar-refractivity contribution in [3.8, 4) is 5.75 Å². The van der Waals surface area contributed by atoms with E-state index in [0.29, 0.717) is 59.7 Å². The number of ether oxygens (including phenoxy) is 2. The second-order valence-electron chi connectivity index (χ2n) is 14.6. The van der Waals surface area contributed by atoms with Gasteiger partial charge in [-0.25, -0.2) is 13.8 Å². The molecule has 14 heteroatoms. The number of carbonyl (C=O) groups is 2. The number of carbonyl (C=O) groups excluding carboxylic acids is 2. The van der Waals surface area contributed by atoms with Crippen LogP contribution in [0.3, 0.4) is 0 Å². The van der Waals surface area contributed by atoms with E-state index in [2.05, 4.69) is 35.3 Å². The predicted octanol–water partition coefficient (Wildman–Crippen LogP) is 3.69. The Bertz CT molecular complexity index is 1790. The van der Waals surface area contributed by atoms with Crippen molar-refractivity contribution in [2.75, 3.05) is 82.4 Å². The molecule has 2 aromatic carbocycles. The average Bonchev–Trinajstić information content (AvgIpc) is 3.14. The molecule has 1 unspecified atom stereocenters. The first-order valence-electron chi connectivity index (χ1n) is 18.8. The number of nitrogens with zero attached hydrogens (tertiary/aromatic N) is 4. The van der Waals surface area contributed by atoms with Crippen LogP contribution in [0, 0.1) is 23.5 Å². The zero-order valence-electron chi connectivity index (χ0n) is 29.6. The van der Waals surface area contributed by atoms with E-state index in [0.717, 1.165) is 97.7 Å². The molecule has 3 aromatic rings. The second-order valence-corrected chi connectivity index (χ2v) is 14.6. The standard InChI is InChI=1S/C38H49F2N7O5/c39-29-21-27(41-31-3-6-35(48)44-37(31)49)2-4-33(29)47-17-15-46(16-18-47)14-13-45-11-7-26(8-12-45)24-52-28-22-30(40)36-32(23-28)42-34(43-38(36)50)5-1-25-9-19-51-20-10-25/h2,4,21-23,25-26,31,41H,1,3,5-20,24H2,(H,42,43,50)(H,44,48,49). The van der Waals surface area contributed by atoms with Gasteiger partial charge in [0, 0.05) is 83.1 Å². The van der Waals surface area contributed by atoms with E-state index in [1.807, 2.05) is 0 Å². The molecule has 4 aliphatic heterocycles. The van der Waals surface area contributed by atoms with Gasteiger partial charge in [-0.1, -0.05) is 0 Å². The highest BCUT2D eigenvalue weighted by molar-refractivity contribution is 6.01. The van der Waals surface area contributed by atoms with Crippen LogP contribution in [0.2, 0.25) is 0 Å². The van der Waals surface area contributed by atoms with E-state index >= 15 is 4.39 Å². The maximum Gasteiger partial charge on any atom is 0.261 e. The van der Waals surface area contributed by atoms with Crippen LogP contribution in [0.25, 0.3) is 10.9 Å². The number of anilines is 2. The van der Waals surface area contributed by atoms with E-state index in [9.17, 15) is 18.8 Å². The molecule has 0 radical (unpaired) electrons. The molecule has 12 nitrogen and oxygen atoms in total. The van der Waals surface area contributed by atoms with Crippen LogP contribution in [0.4, 0.5) is 20.2 Å². The Hall–Kier alpha value is -4.14. The lowest BCUT2D eigenvalue weighted by atomic mass is 9.95. The lowest BCUT2D eigenvalue weighted by Crippen LogP contribution is -2.49. The Labute approximate surface area is 302 Å². The van der Waals surface area contributed by atoms with Gasteiger partial charge in [0.15, 0.2) is 0 Å². The van der Waals surface area contributed by atoms with Crippen molar-refractivity contribution in [2.45, 2.75) is 57.4 Å². The molecule has 2 amide bonds. The zero-order valence-corrected chi connectivity index (χ0v) is 29.6. The molecule has 0 spiro atoms. The molecular formula is C38H49F2N7O5. The van der Waals surface area contributed by atoms with Crippen molar-refractivity contribution in [1.82, 2.24) is 25.1 Å². The number of likely N-dealkylation sites (tertiary alicyclic amines) is 1. The molecule has 0 bridgehead atoms. The number of halogens is 2. The summed E-state index contributed by atoms with van der Waals surface area (Å²) in [5, 5.41) is 5.33. The van der Waals surface area contributed by atoms with Crippen LogP contribution in [-0.2, 0) is 20.7 Å². The third kappa shape index (κ3) is 9.07. The fourth-order valence-electron chi connectivity index (χ4n) is 7.80. The van der Waals surface area contributed by atoms with E-state index in [4.69, 9.17) is 9.47 Å². The Morgan fingerprint density at radius 2 is 1.62 bits per heavy atom. The number of benzene rings is 2. The average molecular weight is 722 g/mol. The summed E-state index contributed by atoms with van der Waals surface area (Å²) in [6.45, 7) is 9.05. The maximum atomic E-state index is 15.1. The summed E-state index contributed by atoms with van der Waals surface area (Å²) in [7, 11) is 0. The lowest BCUT2D eigenvalue weighted by molar-refractivity contribution is -0.133. The minimum absolute atomic E-state index is 0.0284. The van der Waals surface area contributed by atoms with Crippen molar-refractivity contribution in [2.24, 2.45) is 11.8 Å². The Kier molecular flexibility index (Phi) is 11.6. The number of rotatable bonds is 12. The Morgan fingerprint density at radius 1 is 0.865 bits per heavy atom. The second kappa shape index (κ2) is 16.7. The molecular weight excluding hydrogens is 672 g/mol. The molecule has 5 heterocycles. The van der Waals surface area contributed by atoms with Crippen molar-refractivity contribution >= 4 is 34.1 Å². The fraction of sp³-hybridized carbons (Fsp3) is 0.579. The molecule has 1 aromatic heterocycles. The summed E-state index contributed by atoms with van der Waals surface area (Å²) in [5.74, 6) is 0.283. The first kappa shape index (κ1) is 36.2. The summed E-state index contributed by atoms with van der Waals surface area (Å²) >= 11 is 0. The van der Waals surface area contributed by atoms with Gasteiger partial charge in [0.05, 0.1) is 17.8 Å². The summed E-state index contributed by atoms with van der Waals surface area (Å²) in [6.07, 6.45) is 6.21. The normalized spacial score (nSPS) is 21.4. The molecule has 0 saturated carbocycles. The smallest absolute Gasteiger partial charge is 0.261 e. The number of aryl methyl sites for hydroxylation is 1. The van der Waals surface area contributed by atoms with Crippen molar-refractivity contribution in [3.05, 3.63) is 58.1 Å². The summed E-state index contributed by atoms with van der Waals surface area (Å²) in [4.78, 5) is 50.5. The van der Waals surface area contributed by atoms with Gasteiger partial charge in [-0.3, -0.25) is 24.6 Å². The number of amides is 2. The van der Waals surface area contributed by atoms with Gasteiger partial charge < -0.3 is 29.6 Å². The number of hydrogen-bond acceptors (Lipinski definition) is 10. The van der Waals surface area contributed by atoms with E-state index in [1.165, 1.54) is 12.1 Å².